The number of rotatable bonds is 3. The molecule has 3 heterocycles. The molecule has 0 N–H and O–H groups in total. The van der Waals surface area contributed by atoms with Crippen molar-refractivity contribution in [2.75, 3.05) is 6.54 Å². The molecule has 1 saturated heterocycles. The van der Waals surface area contributed by atoms with Crippen molar-refractivity contribution in [3.05, 3.63) is 35.0 Å². The zero-order valence-electron chi connectivity index (χ0n) is 13.3. The monoisotopic (exact) mass is 315 g/mol. The van der Waals surface area contributed by atoms with E-state index in [-0.39, 0.29) is 11.9 Å². The van der Waals surface area contributed by atoms with Gasteiger partial charge < -0.3 is 13.9 Å². The van der Waals surface area contributed by atoms with Crippen molar-refractivity contribution in [3.63, 3.8) is 0 Å². The fraction of sp³-hybridized carbons (Fsp3) is 0.588. The first-order valence-electron chi connectivity index (χ1n) is 8.43. The molecule has 1 saturated carbocycles. The summed E-state index contributed by atoms with van der Waals surface area (Å²) in [7, 11) is 0. The number of aromatic nitrogens is 2. The molecule has 2 aromatic heterocycles. The van der Waals surface area contributed by atoms with Gasteiger partial charge >= 0.3 is 0 Å². The van der Waals surface area contributed by atoms with Crippen LogP contribution in [0.4, 0.5) is 0 Å². The van der Waals surface area contributed by atoms with Gasteiger partial charge in [0.05, 0.1) is 11.7 Å². The number of aryl methyl sites for hydroxylation is 1. The molecule has 2 aromatic rings. The Hall–Kier alpha value is -2.11. The second-order valence-electron chi connectivity index (χ2n) is 6.62. The summed E-state index contributed by atoms with van der Waals surface area (Å²) in [4.78, 5) is 14.8. The molecule has 0 spiro atoms. The molecular formula is C17H21N3O3. The first kappa shape index (κ1) is 14.5. The highest BCUT2D eigenvalue weighted by Gasteiger charge is 2.33. The summed E-state index contributed by atoms with van der Waals surface area (Å²) in [6.45, 7) is 2.62. The van der Waals surface area contributed by atoms with E-state index in [0.29, 0.717) is 11.6 Å². The molecule has 1 aliphatic carbocycles. The topological polar surface area (TPSA) is 72.4 Å². The van der Waals surface area contributed by atoms with Crippen molar-refractivity contribution in [1.29, 1.82) is 0 Å². The molecule has 1 atom stereocenters. The Kier molecular flexibility index (Phi) is 3.67. The molecule has 122 valence electrons. The molecule has 23 heavy (non-hydrogen) atoms. The Morgan fingerprint density at radius 3 is 2.65 bits per heavy atom. The number of hydrogen-bond acceptors (Lipinski definition) is 5. The normalized spacial score (nSPS) is 22.1. The van der Waals surface area contributed by atoms with Crippen molar-refractivity contribution >= 4 is 5.91 Å². The van der Waals surface area contributed by atoms with Gasteiger partial charge in [0.2, 0.25) is 0 Å². The zero-order chi connectivity index (χ0) is 15.8. The predicted molar refractivity (Wildman–Crippen MR) is 82.0 cm³/mol. The third-order valence-electron chi connectivity index (χ3n) is 4.72. The van der Waals surface area contributed by atoms with Crippen LogP contribution in [0.1, 0.15) is 78.2 Å². The van der Waals surface area contributed by atoms with Crippen LogP contribution < -0.4 is 0 Å². The third-order valence-corrected chi connectivity index (χ3v) is 4.72. The van der Waals surface area contributed by atoms with E-state index in [1.54, 1.807) is 0 Å². The van der Waals surface area contributed by atoms with E-state index in [1.165, 1.54) is 0 Å². The fourth-order valence-corrected chi connectivity index (χ4v) is 3.29. The van der Waals surface area contributed by atoms with Gasteiger partial charge in [-0.3, -0.25) is 4.79 Å². The van der Waals surface area contributed by atoms with Gasteiger partial charge in [0.1, 0.15) is 5.76 Å². The minimum absolute atomic E-state index is 0.0627. The van der Waals surface area contributed by atoms with E-state index < -0.39 is 0 Å². The zero-order valence-corrected chi connectivity index (χ0v) is 13.3. The smallest absolute Gasteiger partial charge is 0.276 e. The number of likely N-dealkylation sites (tertiary alicyclic amines) is 1. The maximum Gasteiger partial charge on any atom is 0.276 e. The Labute approximate surface area is 134 Å². The second-order valence-corrected chi connectivity index (χ2v) is 6.62. The molecule has 2 fully saturated rings. The van der Waals surface area contributed by atoms with Crippen LogP contribution in [0.15, 0.2) is 21.2 Å². The summed E-state index contributed by atoms with van der Waals surface area (Å²) in [6.07, 6.45) is 6.37. The van der Waals surface area contributed by atoms with Crippen molar-refractivity contribution in [2.45, 2.75) is 57.4 Å². The average Bonchev–Trinajstić information content (AvgIpc) is 3.21. The molecule has 1 aliphatic heterocycles. The minimum atomic E-state index is -0.0680. The van der Waals surface area contributed by atoms with Gasteiger partial charge in [-0.15, -0.1) is 0 Å². The lowest BCUT2D eigenvalue weighted by Gasteiger charge is -2.27. The number of hydrogen-bond donors (Lipinski definition) is 0. The first-order valence-corrected chi connectivity index (χ1v) is 8.43. The standard InChI is InChI=1S/C17H21N3O3/c1-11-9-16(23-18-11)14-5-3-2-4-8-20(14)17(21)13-10-15(22-19-13)12-6-7-12/h9-10,12,14H,2-8H2,1H3. The van der Waals surface area contributed by atoms with E-state index in [1.807, 2.05) is 24.0 Å². The molecule has 1 unspecified atom stereocenters. The predicted octanol–water partition coefficient (Wildman–Crippen LogP) is 3.61. The SMILES string of the molecule is Cc1cc(C2CCCCCN2C(=O)c2cc(C3CC3)on2)on1. The third kappa shape index (κ3) is 2.90. The van der Waals surface area contributed by atoms with E-state index in [0.717, 1.165) is 62.3 Å². The summed E-state index contributed by atoms with van der Waals surface area (Å²) in [5.41, 5.74) is 1.25. The Bertz CT molecular complexity index is 702. The van der Waals surface area contributed by atoms with Crippen molar-refractivity contribution in [3.8, 4) is 0 Å². The van der Waals surface area contributed by atoms with E-state index >= 15 is 0 Å². The highest BCUT2D eigenvalue weighted by Crippen LogP contribution is 2.40. The van der Waals surface area contributed by atoms with Gasteiger partial charge in [-0.1, -0.05) is 23.2 Å². The maximum atomic E-state index is 12.9. The summed E-state index contributed by atoms with van der Waals surface area (Å²) in [5, 5.41) is 7.98. The van der Waals surface area contributed by atoms with Crippen LogP contribution in [0, 0.1) is 6.92 Å². The molecule has 0 radical (unpaired) electrons. The molecule has 6 heteroatoms. The van der Waals surface area contributed by atoms with Crippen LogP contribution >= 0.6 is 0 Å². The summed E-state index contributed by atoms with van der Waals surface area (Å²) in [6, 6.07) is 3.68. The quantitative estimate of drug-likeness (QED) is 0.865. The van der Waals surface area contributed by atoms with Crippen LogP contribution in [-0.2, 0) is 0 Å². The Morgan fingerprint density at radius 1 is 1.09 bits per heavy atom. The van der Waals surface area contributed by atoms with Crippen LogP contribution in [-0.4, -0.2) is 27.7 Å². The fourth-order valence-electron chi connectivity index (χ4n) is 3.29. The van der Waals surface area contributed by atoms with Gasteiger partial charge in [-0.05, 0) is 32.6 Å². The highest BCUT2D eigenvalue weighted by molar-refractivity contribution is 5.92. The second kappa shape index (κ2) is 5.83. The van der Waals surface area contributed by atoms with Gasteiger partial charge in [0.15, 0.2) is 11.5 Å². The van der Waals surface area contributed by atoms with Crippen LogP contribution in [0.5, 0.6) is 0 Å². The van der Waals surface area contributed by atoms with E-state index in [9.17, 15) is 4.79 Å². The number of carbonyl (C=O) groups is 1. The van der Waals surface area contributed by atoms with Crippen LogP contribution in [0.25, 0.3) is 0 Å². The van der Waals surface area contributed by atoms with Crippen molar-refractivity contribution < 1.29 is 13.8 Å². The maximum absolute atomic E-state index is 12.9. The number of amides is 1. The molecule has 2 aliphatic rings. The molecule has 0 aromatic carbocycles. The minimum Gasteiger partial charge on any atom is -0.360 e. The Balaban J connectivity index is 1.60. The van der Waals surface area contributed by atoms with E-state index in [4.69, 9.17) is 9.05 Å². The Morgan fingerprint density at radius 2 is 1.91 bits per heavy atom. The van der Waals surface area contributed by atoms with Crippen molar-refractivity contribution in [1.82, 2.24) is 15.2 Å². The molecule has 0 bridgehead atoms. The lowest BCUT2D eigenvalue weighted by Crippen LogP contribution is -2.34. The largest absolute Gasteiger partial charge is 0.360 e. The van der Waals surface area contributed by atoms with Gasteiger partial charge in [0, 0.05) is 24.6 Å². The molecular weight excluding hydrogens is 294 g/mol. The van der Waals surface area contributed by atoms with Gasteiger partial charge in [0.25, 0.3) is 5.91 Å². The molecule has 6 nitrogen and oxygen atoms in total. The first-order chi connectivity index (χ1) is 11.2. The molecule has 1 amide bonds. The summed E-state index contributed by atoms with van der Waals surface area (Å²) >= 11 is 0. The lowest BCUT2D eigenvalue weighted by atomic mass is 10.1. The van der Waals surface area contributed by atoms with E-state index in [2.05, 4.69) is 10.3 Å². The van der Waals surface area contributed by atoms with Crippen molar-refractivity contribution in [2.24, 2.45) is 0 Å². The lowest BCUT2D eigenvalue weighted by molar-refractivity contribution is 0.0640. The molecule has 4 rings (SSSR count). The summed E-state index contributed by atoms with van der Waals surface area (Å²) < 4.78 is 10.8. The van der Waals surface area contributed by atoms with Gasteiger partial charge in [-0.25, -0.2) is 0 Å². The van der Waals surface area contributed by atoms with Crippen LogP contribution in [0.2, 0.25) is 0 Å². The number of nitrogens with zero attached hydrogens (tertiary/aromatic N) is 3. The number of carbonyl (C=O) groups excluding carboxylic acids is 1. The van der Waals surface area contributed by atoms with Gasteiger partial charge in [-0.2, -0.15) is 0 Å². The highest BCUT2D eigenvalue weighted by atomic mass is 16.5. The summed E-state index contributed by atoms with van der Waals surface area (Å²) in [5.74, 6) is 2.00. The van der Waals surface area contributed by atoms with Crippen LogP contribution in [0.3, 0.4) is 0 Å². The average molecular weight is 315 g/mol.